The zero-order valence-corrected chi connectivity index (χ0v) is 12.9. The molecular formula is C18H14N2O4. The summed E-state index contributed by atoms with van der Waals surface area (Å²) in [7, 11) is 1.61. The first-order valence-corrected chi connectivity index (χ1v) is 7.18. The van der Waals surface area contributed by atoms with Crippen molar-refractivity contribution in [3.8, 4) is 29.1 Å². The molecule has 0 unspecified atom stereocenters. The minimum absolute atomic E-state index is 0.174. The van der Waals surface area contributed by atoms with Crippen LogP contribution in [0.4, 0.5) is 0 Å². The molecule has 0 saturated carbocycles. The predicted molar refractivity (Wildman–Crippen MR) is 86.4 cm³/mol. The van der Waals surface area contributed by atoms with E-state index in [9.17, 15) is 4.79 Å². The molecule has 2 heterocycles. The number of amides is 1. The van der Waals surface area contributed by atoms with Crippen LogP contribution < -0.4 is 10.1 Å². The molecule has 0 bridgehead atoms. The fraction of sp³-hybridized carbons (Fsp3) is 0.111. The van der Waals surface area contributed by atoms with Crippen molar-refractivity contribution in [2.24, 2.45) is 0 Å². The van der Waals surface area contributed by atoms with Gasteiger partial charge in [0.2, 0.25) is 5.76 Å². The monoisotopic (exact) mass is 322 g/mol. The summed E-state index contributed by atoms with van der Waals surface area (Å²) in [4.78, 5) is 12.0. The van der Waals surface area contributed by atoms with E-state index in [4.69, 9.17) is 13.7 Å². The maximum Gasteiger partial charge on any atom is 0.274 e. The van der Waals surface area contributed by atoms with Crippen LogP contribution in [0.1, 0.15) is 16.1 Å². The molecule has 0 radical (unpaired) electrons. The number of ether oxygens (including phenoxy) is 1. The Morgan fingerprint density at radius 3 is 2.79 bits per heavy atom. The van der Waals surface area contributed by atoms with Gasteiger partial charge in [-0.25, -0.2) is 0 Å². The fourth-order valence-corrected chi connectivity index (χ4v) is 1.95. The van der Waals surface area contributed by atoms with Gasteiger partial charge in [-0.1, -0.05) is 17.0 Å². The summed E-state index contributed by atoms with van der Waals surface area (Å²) < 4.78 is 15.3. The van der Waals surface area contributed by atoms with E-state index in [0.717, 1.165) is 11.3 Å². The Hall–Kier alpha value is -3.46. The van der Waals surface area contributed by atoms with Gasteiger partial charge in [-0.2, -0.15) is 0 Å². The molecule has 6 nitrogen and oxygen atoms in total. The molecule has 0 aliphatic rings. The molecule has 0 aliphatic carbocycles. The van der Waals surface area contributed by atoms with E-state index >= 15 is 0 Å². The third-order valence-electron chi connectivity index (χ3n) is 3.17. The van der Waals surface area contributed by atoms with Crippen molar-refractivity contribution in [2.45, 2.75) is 0 Å². The minimum Gasteiger partial charge on any atom is -0.497 e. The van der Waals surface area contributed by atoms with Crippen LogP contribution in [0.15, 0.2) is 57.7 Å². The Kier molecular flexibility index (Phi) is 4.63. The molecule has 0 atom stereocenters. The lowest BCUT2D eigenvalue weighted by molar-refractivity contribution is 0.0949. The first-order valence-electron chi connectivity index (χ1n) is 7.18. The van der Waals surface area contributed by atoms with Crippen LogP contribution in [-0.4, -0.2) is 24.7 Å². The van der Waals surface area contributed by atoms with Gasteiger partial charge in [0.1, 0.15) is 5.75 Å². The van der Waals surface area contributed by atoms with Gasteiger partial charge in [-0.05, 0) is 36.4 Å². The van der Waals surface area contributed by atoms with Gasteiger partial charge < -0.3 is 19.0 Å². The van der Waals surface area contributed by atoms with Crippen molar-refractivity contribution in [3.63, 3.8) is 0 Å². The summed E-state index contributed by atoms with van der Waals surface area (Å²) in [5.41, 5.74) is 1.01. The SMILES string of the molecule is COc1ccc(C#CCNC(=O)c2cc(-c3ccco3)on2)cc1. The van der Waals surface area contributed by atoms with Crippen LogP contribution in [0.2, 0.25) is 0 Å². The molecule has 6 heteroatoms. The van der Waals surface area contributed by atoms with Crippen molar-refractivity contribution in [1.29, 1.82) is 0 Å². The molecule has 3 rings (SSSR count). The number of nitrogens with one attached hydrogen (secondary N) is 1. The summed E-state index contributed by atoms with van der Waals surface area (Å²) in [6, 6.07) is 12.3. The van der Waals surface area contributed by atoms with Crippen molar-refractivity contribution in [2.75, 3.05) is 13.7 Å². The normalized spacial score (nSPS) is 9.88. The standard InChI is InChI=1S/C18H14N2O4/c1-22-14-8-6-13(7-9-14)4-2-10-19-18(21)15-12-17(24-20-15)16-5-3-11-23-16/h3,5-9,11-12H,10H2,1H3,(H,19,21). The molecule has 1 amide bonds. The second-order valence-electron chi connectivity index (χ2n) is 4.77. The Morgan fingerprint density at radius 1 is 1.25 bits per heavy atom. The van der Waals surface area contributed by atoms with Gasteiger partial charge in [0.25, 0.3) is 5.91 Å². The van der Waals surface area contributed by atoms with E-state index < -0.39 is 0 Å². The smallest absolute Gasteiger partial charge is 0.274 e. The number of furan rings is 1. The number of carbonyl (C=O) groups excluding carboxylic acids is 1. The average molecular weight is 322 g/mol. The average Bonchev–Trinajstić information content (AvgIpc) is 3.30. The summed E-state index contributed by atoms with van der Waals surface area (Å²) >= 11 is 0. The van der Waals surface area contributed by atoms with Crippen molar-refractivity contribution in [1.82, 2.24) is 10.5 Å². The van der Waals surface area contributed by atoms with Crippen LogP contribution >= 0.6 is 0 Å². The highest BCUT2D eigenvalue weighted by Crippen LogP contribution is 2.20. The van der Waals surface area contributed by atoms with Gasteiger partial charge in [0.15, 0.2) is 11.5 Å². The first-order chi connectivity index (χ1) is 11.8. The zero-order valence-electron chi connectivity index (χ0n) is 12.9. The first kappa shape index (κ1) is 15.4. The van der Waals surface area contributed by atoms with Crippen molar-refractivity contribution >= 4 is 5.91 Å². The Balaban J connectivity index is 1.55. The molecule has 120 valence electrons. The van der Waals surface area contributed by atoms with E-state index in [2.05, 4.69) is 22.3 Å². The highest BCUT2D eigenvalue weighted by atomic mass is 16.5. The number of hydrogen-bond donors (Lipinski definition) is 1. The lowest BCUT2D eigenvalue weighted by atomic mass is 10.2. The number of nitrogens with zero attached hydrogens (tertiary/aromatic N) is 1. The Bertz CT molecular complexity index is 868. The molecule has 3 aromatic rings. The third kappa shape index (κ3) is 3.65. The minimum atomic E-state index is -0.361. The fourth-order valence-electron chi connectivity index (χ4n) is 1.95. The largest absolute Gasteiger partial charge is 0.497 e. The van der Waals surface area contributed by atoms with Gasteiger partial charge in [0, 0.05) is 11.6 Å². The Morgan fingerprint density at radius 2 is 2.08 bits per heavy atom. The van der Waals surface area contributed by atoms with E-state index in [1.807, 2.05) is 24.3 Å². The van der Waals surface area contributed by atoms with E-state index in [0.29, 0.717) is 11.5 Å². The van der Waals surface area contributed by atoms with Gasteiger partial charge in [-0.3, -0.25) is 4.79 Å². The molecule has 0 saturated heterocycles. The van der Waals surface area contributed by atoms with Crippen LogP contribution in [-0.2, 0) is 0 Å². The van der Waals surface area contributed by atoms with Gasteiger partial charge in [-0.15, -0.1) is 0 Å². The van der Waals surface area contributed by atoms with E-state index in [1.54, 1.807) is 19.2 Å². The molecule has 0 aliphatic heterocycles. The molecule has 2 aromatic heterocycles. The molecule has 24 heavy (non-hydrogen) atoms. The predicted octanol–water partition coefficient (Wildman–Crippen LogP) is 2.72. The van der Waals surface area contributed by atoms with Gasteiger partial charge in [0.05, 0.1) is 19.9 Å². The summed E-state index contributed by atoms with van der Waals surface area (Å²) in [6.07, 6.45) is 1.52. The topological polar surface area (TPSA) is 77.5 Å². The van der Waals surface area contributed by atoms with E-state index in [-0.39, 0.29) is 18.1 Å². The second kappa shape index (κ2) is 7.20. The van der Waals surface area contributed by atoms with Gasteiger partial charge >= 0.3 is 0 Å². The molecule has 1 N–H and O–H groups in total. The summed E-state index contributed by atoms with van der Waals surface area (Å²) in [5.74, 6) is 7.15. The zero-order chi connectivity index (χ0) is 16.8. The lowest BCUT2D eigenvalue weighted by Crippen LogP contribution is -2.23. The van der Waals surface area contributed by atoms with Crippen LogP contribution in [0.3, 0.4) is 0 Å². The quantitative estimate of drug-likeness (QED) is 0.747. The number of aromatic nitrogens is 1. The second-order valence-corrected chi connectivity index (χ2v) is 4.77. The molecule has 1 aromatic carbocycles. The summed E-state index contributed by atoms with van der Waals surface area (Å²) in [5, 5.41) is 6.38. The molecule has 0 spiro atoms. The number of hydrogen-bond acceptors (Lipinski definition) is 5. The molecule has 0 fully saturated rings. The Labute approximate surface area is 138 Å². The number of carbonyl (C=O) groups is 1. The maximum atomic E-state index is 12.0. The van der Waals surface area contributed by atoms with Crippen molar-refractivity contribution in [3.05, 3.63) is 60.0 Å². The number of rotatable bonds is 4. The summed E-state index contributed by atoms with van der Waals surface area (Å²) in [6.45, 7) is 0.202. The van der Waals surface area contributed by atoms with Crippen LogP contribution in [0, 0.1) is 11.8 Å². The highest BCUT2D eigenvalue weighted by molar-refractivity contribution is 5.93. The van der Waals surface area contributed by atoms with Crippen LogP contribution in [0.25, 0.3) is 11.5 Å². The maximum absolute atomic E-state index is 12.0. The molecular weight excluding hydrogens is 308 g/mol. The third-order valence-corrected chi connectivity index (χ3v) is 3.17. The highest BCUT2D eigenvalue weighted by Gasteiger charge is 2.14. The number of methoxy groups -OCH3 is 1. The van der Waals surface area contributed by atoms with E-state index in [1.165, 1.54) is 12.3 Å². The lowest BCUT2D eigenvalue weighted by Gasteiger charge is -1.98. The van der Waals surface area contributed by atoms with Crippen molar-refractivity contribution < 1.29 is 18.5 Å². The van der Waals surface area contributed by atoms with Crippen LogP contribution in [0.5, 0.6) is 5.75 Å². The number of benzene rings is 1.